The Hall–Kier alpha value is -3.00. The van der Waals surface area contributed by atoms with Crippen molar-refractivity contribution in [1.29, 1.82) is 0 Å². The first-order chi connectivity index (χ1) is 14.2. The number of H-pyrrole nitrogens is 1. The zero-order valence-corrected chi connectivity index (χ0v) is 17.0. The van der Waals surface area contributed by atoms with Gasteiger partial charge >= 0.3 is 10.7 Å². The first kappa shape index (κ1) is 20.7. The van der Waals surface area contributed by atoms with E-state index in [-0.39, 0.29) is 12.3 Å². The number of para-hydroxylation sites is 1. The average molecular weight is 415 g/mol. The summed E-state index contributed by atoms with van der Waals surface area (Å²) < 4.78 is 12.1. The van der Waals surface area contributed by atoms with Crippen LogP contribution in [-0.2, 0) is 4.79 Å². The van der Waals surface area contributed by atoms with Crippen LogP contribution in [0, 0.1) is 0 Å². The van der Waals surface area contributed by atoms with E-state index in [1.807, 2.05) is 54.6 Å². The van der Waals surface area contributed by atoms with Crippen molar-refractivity contribution < 1.29 is 18.7 Å². The van der Waals surface area contributed by atoms with Crippen LogP contribution in [0.15, 0.2) is 68.9 Å². The van der Waals surface area contributed by atoms with E-state index in [4.69, 9.17) is 9.26 Å². The molecule has 1 amide bonds. The van der Waals surface area contributed by atoms with Gasteiger partial charge in [-0.3, -0.25) is 9.32 Å². The van der Waals surface area contributed by atoms with Gasteiger partial charge in [-0.05, 0) is 52.4 Å². The van der Waals surface area contributed by atoms with Crippen molar-refractivity contribution in [2.45, 2.75) is 31.2 Å². The minimum Gasteiger partial charge on any atom is -0.494 e. The van der Waals surface area contributed by atoms with Gasteiger partial charge in [-0.15, -0.1) is 0 Å². The van der Waals surface area contributed by atoms with Crippen LogP contribution in [-0.4, -0.2) is 23.5 Å². The molecule has 0 unspecified atom stereocenters. The molecule has 1 heterocycles. The van der Waals surface area contributed by atoms with Crippen LogP contribution >= 0.6 is 11.8 Å². The van der Waals surface area contributed by atoms with Crippen molar-refractivity contribution in [2.24, 2.45) is 0 Å². The smallest absolute Gasteiger partial charge is 0.442 e. The fraction of sp³-hybridized carbons (Fsp3) is 0.286. The van der Waals surface area contributed by atoms with E-state index in [0.29, 0.717) is 23.1 Å². The maximum Gasteiger partial charge on any atom is 0.442 e. The first-order valence-corrected chi connectivity index (χ1v) is 10.5. The molecule has 2 aromatic carbocycles. The van der Waals surface area contributed by atoms with Crippen LogP contribution < -0.4 is 20.4 Å². The summed E-state index contributed by atoms with van der Waals surface area (Å²) in [4.78, 5) is 24.2. The largest absolute Gasteiger partial charge is 0.494 e. The molecule has 0 aliphatic heterocycles. The summed E-state index contributed by atoms with van der Waals surface area (Å²) in [5.74, 6) is 1.11. The second-order valence-electron chi connectivity index (χ2n) is 6.33. The zero-order valence-electron chi connectivity index (χ0n) is 16.2. The Morgan fingerprint density at radius 2 is 1.93 bits per heavy atom. The number of thioether (sulfide) groups is 1. The molecule has 0 saturated carbocycles. The number of aromatic amines is 1. The zero-order chi connectivity index (χ0) is 20.5. The molecule has 0 radical (unpaired) electrons. The van der Waals surface area contributed by atoms with Gasteiger partial charge in [0.1, 0.15) is 5.75 Å². The SMILES string of the molecule is CCCCOc1ccc(NC(=O)CCSc2c(=O)o[nH][n+]2-c2ccccc2)cc1. The molecule has 1 aromatic heterocycles. The molecule has 8 heteroatoms. The molecule has 0 spiro atoms. The van der Waals surface area contributed by atoms with Crippen molar-refractivity contribution in [3.63, 3.8) is 0 Å². The molecule has 2 N–H and O–H groups in total. The molecule has 0 fully saturated rings. The summed E-state index contributed by atoms with van der Waals surface area (Å²) in [6, 6.07) is 16.7. The van der Waals surface area contributed by atoms with Crippen molar-refractivity contribution in [3.05, 3.63) is 65.0 Å². The Morgan fingerprint density at radius 1 is 1.17 bits per heavy atom. The van der Waals surface area contributed by atoms with Crippen molar-refractivity contribution in [3.8, 4) is 11.4 Å². The number of carbonyl (C=O) groups is 1. The topological polar surface area (TPSA) is 88.2 Å². The third-order valence-electron chi connectivity index (χ3n) is 4.09. The number of aromatic nitrogens is 2. The molecule has 152 valence electrons. The summed E-state index contributed by atoms with van der Waals surface area (Å²) in [5.41, 5.74) is 1.04. The van der Waals surface area contributed by atoms with E-state index in [1.165, 1.54) is 11.8 Å². The minimum atomic E-state index is -0.460. The van der Waals surface area contributed by atoms with Gasteiger partial charge in [0.2, 0.25) is 11.6 Å². The maximum atomic E-state index is 12.2. The lowest BCUT2D eigenvalue weighted by Gasteiger charge is -2.07. The number of unbranched alkanes of at least 4 members (excludes halogenated alkanes) is 1. The van der Waals surface area contributed by atoms with Gasteiger partial charge in [-0.25, -0.2) is 4.79 Å². The van der Waals surface area contributed by atoms with Crippen molar-refractivity contribution in [2.75, 3.05) is 17.7 Å². The third-order valence-corrected chi connectivity index (χ3v) is 5.13. The molecule has 3 rings (SSSR count). The van der Waals surface area contributed by atoms with Crippen molar-refractivity contribution >= 4 is 23.4 Å². The Labute approximate surface area is 173 Å². The molecular formula is C21H24N3O4S+. The second-order valence-corrected chi connectivity index (χ2v) is 7.41. The quantitative estimate of drug-likeness (QED) is 0.301. The second kappa shape index (κ2) is 10.5. The lowest BCUT2D eigenvalue weighted by molar-refractivity contribution is -0.704. The first-order valence-electron chi connectivity index (χ1n) is 9.52. The van der Waals surface area contributed by atoms with Crippen LogP contribution in [0.5, 0.6) is 5.75 Å². The highest BCUT2D eigenvalue weighted by molar-refractivity contribution is 7.99. The number of nitrogens with zero attached hydrogens (tertiary/aromatic N) is 1. The Kier molecular flexibility index (Phi) is 7.52. The number of anilines is 1. The highest BCUT2D eigenvalue weighted by Crippen LogP contribution is 2.17. The van der Waals surface area contributed by atoms with E-state index in [0.717, 1.165) is 24.3 Å². The monoisotopic (exact) mass is 414 g/mol. The summed E-state index contributed by atoms with van der Waals surface area (Å²) in [7, 11) is 0. The van der Waals surface area contributed by atoms with Gasteiger partial charge in [0.05, 0.1) is 6.61 Å². The van der Waals surface area contributed by atoms with Gasteiger partial charge in [0.25, 0.3) is 0 Å². The van der Waals surface area contributed by atoms with Crippen LogP contribution in [0.4, 0.5) is 5.69 Å². The van der Waals surface area contributed by atoms with Crippen LogP contribution in [0.3, 0.4) is 0 Å². The molecular weight excluding hydrogens is 390 g/mol. The molecule has 7 nitrogen and oxygen atoms in total. The molecule has 29 heavy (non-hydrogen) atoms. The fourth-order valence-corrected chi connectivity index (χ4v) is 3.48. The highest BCUT2D eigenvalue weighted by Gasteiger charge is 2.23. The standard InChI is InChI=1S/C21H23N3O4S/c1-2-3-14-27-18-11-9-16(10-12-18)22-19(25)13-15-29-20-21(26)28-23-24(20)17-7-5-4-6-8-17/h4-12H,2-3,13-15H2,1H3,(H-,22,23,25,26)/p+1. The maximum absolute atomic E-state index is 12.2. The predicted octanol–water partition coefficient (Wildman–Crippen LogP) is 3.54. The number of hydrogen-bond donors (Lipinski definition) is 2. The van der Waals surface area contributed by atoms with Crippen molar-refractivity contribution in [1.82, 2.24) is 5.27 Å². The number of nitrogens with one attached hydrogen (secondary N) is 2. The average Bonchev–Trinajstić information content (AvgIpc) is 3.11. The molecule has 0 bridgehead atoms. The van der Waals surface area contributed by atoms with Gasteiger partial charge < -0.3 is 10.1 Å². The van der Waals surface area contributed by atoms with E-state index in [9.17, 15) is 9.59 Å². The van der Waals surface area contributed by atoms with E-state index >= 15 is 0 Å². The molecule has 0 saturated heterocycles. The van der Waals surface area contributed by atoms with Crippen LogP contribution in [0.2, 0.25) is 0 Å². The lowest BCUT2D eigenvalue weighted by Crippen LogP contribution is -2.36. The van der Waals surface area contributed by atoms with Gasteiger partial charge in [-0.1, -0.05) is 31.5 Å². The molecule has 3 aromatic rings. The number of ether oxygens (including phenoxy) is 1. The predicted molar refractivity (Wildman–Crippen MR) is 112 cm³/mol. The Balaban J connectivity index is 1.50. The van der Waals surface area contributed by atoms with Gasteiger partial charge in [0, 0.05) is 30.0 Å². The Morgan fingerprint density at radius 3 is 2.66 bits per heavy atom. The number of amides is 1. The highest BCUT2D eigenvalue weighted by atomic mass is 32.2. The Bertz CT molecular complexity index is 968. The molecule has 0 atom stereocenters. The summed E-state index contributed by atoms with van der Waals surface area (Å²) in [6.07, 6.45) is 2.36. The van der Waals surface area contributed by atoms with Crippen LogP contribution in [0.25, 0.3) is 5.69 Å². The minimum absolute atomic E-state index is 0.122. The number of rotatable bonds is 10. The fourth-order valence-electron chi connectivity index (χ4n) is 2.57. The molecule has 0 aliphatic carbocycles. The van der Waals surface area contributed by atoms with E-state index in [1.54, 1.807) is 4.68 Å². The third kappa shape index (κ3) is 5.99. The summed E-state index contributed by atoms with van der Waals surface area (Å²) >= 11 is 1.27. The number of carbonyl (C=O) groups excluding carboxylic acids is 1. The summed E-state index contributed by atoms with van der Waals surface area (Å²) in [6.45, 7) is 2.81. The van der Waals surface area contributed by atoms with Gasteiger partial charge in [0.15, 0.2) is 0 Å². The number of benzene rings is 2. The lowest BCUT2D eigenvalue weighted by atomic mass is 10.3. The number of hydrogen-bond acceptors (Lipinski definition) is 5. The van der Waals surface area contributed by atoms with E-state index < -0.39 is 5.63 Å². The normalized spacial score (nSPS) is 10.7. The molecule has 0 aliphatic rings. The summed E-state index contributed by atoms with van der Waals surface area (Å²) in [5, 5.41) is 5.84. The van der Waals surface area contributed by atoms with E-state index in [2.05, 4.69) is 17.5 Å². The van der Waals surface area contributed by atoms with Crippen LogP contribution in [0.1, 0.15) is 26.2 Å². The van der Waals surface area contributed by atoms with Gasteiger partial charge in [-0.2, -0.15) is 0 Å².